The van der Waals surface area contributed by atoms with Crippen LogP contribution < -0.4 is 11.1 Å². The van der Waals surface area contributed by atoms with Gasteiger partial charge in [0.15, 0.2) is 5.65 Å². The van der Waals surface area contributed by atoms with Gasteiger partial charge in [-0.3, -0.25) is 4.99 Å². The van der Waals surface area contributed by atoms with Crippen molar-refractivity contribution in [3.05, 3.63) is 58.8 Å². The van der Waals surface area contributed by atoms with Crippen LogP contribution in [0, 0.1) is 0 Å². The summed E-state index contributed by atoms with van der Waals surface area (Å²) < 4.78 is 2.60. The van der Waals surface area contributed by atoms with Crippen LogP contribution in [0.4, 0.5) is 5.82 Å². The van der Waals surface area contributed by atoms with Gasteiger partial charge in [0, 0.05) is 43.2 Å². The van der Waals surface area contributed by atoms with Crippen molar-refractivity contribution in [2.75, 3.05) is 18.9 Å². The lowest BCUT2D eigenvalue weighted by Gasteiger charge is -2.11. The van der Waals surface area contributed by atoms with Crippen LogP contribution in [0.2, 0.25) is 0 Å². The molecule has 0 amide bonds. The van der Waals surface area contributed by atoms with Crippen LogP contribution in [-0.4, -0.2) is 34.4 Å². The van der Waals surface area contributed by atoms with Crippen LogP contribution in [0.15, 0.2) is 63.8 Å². The minimum atomic E-state index is 0.540. The fourth-order valence-electron chi connectivity index (χ4n) is 2.32. The smallest absolute Gasteiger partial charge is 0.172 e. The van der Waals surface area contributed by atoms with Gasteiger partial charge in [-0.25, -0.2) is 4.98 Å². The van der Waals surface area contributed by atoms with Crippen LogP contribution in [0.25, 0.3) is 16.9 Å². The predicted octanol–water partition coefficient (Wildman–Crippen LogP) is 3.11. The fraction of sp³-hybridized carbons (Fsp3) is 0.118. The number of benzene rings is 1. The zero-order chi connectivity index (χ0) is 16.9. The monoisotopic (exact) mass is 384 g/mol. The van der Waals surface area contributed by atoms with E-state index >= 15 is 0 Å². The van der Waals surface area contributed by atoms with Gasteiger partial charge in [-0.2, -0.15) is 9.61 Å². The molecule has 6 nitrogen and oxygen atoms in total. The second-order valence-electron chi connectivity index (χ2n) is 5.10. The van der Waals surface area contributed by atoms with Crippen molar-refractivity contribution < 1.29 is 0 Å². The number of hydrogen-bond donors (Lipinski definition) is 2. The molecule has 0 unspecified atom stereocenters. The van der Waals surface area contributed by atoms with E-state index in [1.807, 2.05) is 36.4 Å². The third-order valence-corrected chi connectivity index (χ3v) is 4.04. The minimum absolute atomic E-state index is 0.540. The Kier molecular flexibility index (Phi) is 4.90. The lowest BCUT2D eigenvalue weighted by molar-refractivity contribution is 0.937. The zero-order valence-corrected chi connectivity index (χ0v) is 14.7. The number of rotatable bonds is 5. The van der Waals surface area contributed by atoms with E-state index in [9.17, 15) is 0 Å². The van der Waals surface area contributed by atoms with Crippen LogP contribution >= 0.6 is 15.9 Å². The van der Waals surface area contributed by atoms with Gasteiger partial charge < -0.3 is 11.1 Å². The van der Waals surface area contributed by atoms with Crippen LogP contribution in [0.5, 0.6) is 0 Å². The van der Waals surface area contributed by atoms with Crippen molar-refractivity contribution in [1.29, 1.82) is 0 Å². The van der Waals surface area contributed by atoms with Gasteiger partial charge in [0.1, 0.15) is 5.82 Å². The Morgan fingerprint density at radius 1 is 1.38 bits per heavy atom. The van der Waals surface area contributed by atoms with Gasteiger partial charge in [0.05, 0.1) is 16.4 Å². The number of nitrogens with two attached hydrogens (primary N) is 1. The highest BCUT2D eigenvalue weighted by Gasteiger charge is 2.11. The number of aromatic nitrogens is 3. The summed E-state index contributed by atoms with van der Waals surface area (Å²) in [6, 6.07) is 12.0. The number of fused-ring (bicyclic) bond motifs is 1. The van der Waals surface area contributed by atoms with Crippen molar-refractivity contribution in [1.82, 2.24) is 14.6 Å². The van der Waals surface area contributed by atoms with Gasteiger partial charge in [-0.15, -0.1) is 0 Å². The predicted molar refractivity (Wildman–Crippen MR) is 101 cm³/mol. The quantitative estimate of drug-likeness (QED) is 0.662. The summed E-state index contributed by atoms with van der Waals surface area (Å²) in [5, 5.41) is 7.71. The molecule has 7 heteroatoms. The molecule has 3 aromatic rings. The number of anilines is 1. The number of hydrogen-bond acceptors (Lipinski definition) is 5. The number of nitrogens with one attached hydrogen (secondary N) is 1. The first-order valence-corrected chi connectivity index (χ1v) is 8.18. The van der Waals surface area contributed by atoms with Crippen molar-refractivity contribution in [3.8, 4) is 11.3 Å². The molecule has 0 aliphatic heterocycles. The first-order chi connectivity index (χ1) is 11.7. The Bertz CT molecular complexity index is 898. The molecule has 24 heavy (non-hydrogen) atoms. The highest BCUT2D eigenvalue weighted by atomic mass is 79.9. The van der Waals surface area contributed by atoms with E-state index in [4.69, 9.17) is 10.7 Å². The molecule has 0 aliphatic carbocycles. The maximum Gasteiger partial charge on any atom is 0.172 e. The summed E-state index contributed by atoms with van der Waals surface area (Å²) in [5.74, 6) is 0.827. The molecular weight excluding hydrogens is 368 g/mol. The standard InChI is InChI=1S/C17H17BrN6/c1-20-9-12(8-19)10-21-16-7-15(13-5-3-2-4-6-13)23-17-14(18)11-22-24(16)17/h2-9,11,21H,10,19H2,1H3. The van der Waals surface area contributed by atoms with E-state index in [0.29, 0.717) is 6.54 Å². The van der Waals surface area contributed by atoms with E-state index in [1.54, 1.807) is 24.0 Å². The summed E-state index contributed by atoms with van der Waals surface area (Å²) in [6.07, 6.45) is 4.99. The summed E-state index contributed by atoms with van der Waals surface area (Å²) >= 11 is 3.50. The summed E-state index contributed by atoms with van der Waals surface area (Å²) in [4.78, 5) is 8.69. The molecule has 0 saturated heterocycles. The molecule has 0 radical (unpaired) electrons. The Morgan fingerprint density at radius 2 is 2.17 bits per heavy atom. The largest absolute Gasteiger partial charge is 0.404 e. The fourth-order valence-corrected chi connectivity index (χ4v) is 2.67. The minimum Gasteiger partial charge on any atom is -0.404 e. The highest BCUT2D eigenvalue weighted by molar-refractivity contribution is 9.10. The van der Waals surface area contributed by atoms with Crippen LogP contribution in [-0.2, 0) is 0 Å². The molecular formula is C17H17BrN6. The van der Waals surface area contributed by atoms with E-state index < -0.39 is 0 Å². The molecule has 122 valence electrons. The average Bonchev–Trinajstić information content (AvgIpc) is 3.00. The summed E-state index contributed by atoms with van der Waals surface area (Å²) in [5.41, 5.74) is 9.17. The lowest BCUT2D eigenvalue weighted by Crippen LogP contribution is -2.11. The normalized spacial score (nSPS) is 12.2. The van der Waals surface area contributed by atoms with Gasteiger partial charge in [0.25, 0.3) is 0 Å². The molecule has 2 heterocycles. The number of aliphatic imine (C=N–C) groups is 1. The molecule has 3 rings (SSSR count). The van der Waals surface area contributed by atoms with Crippen molar-refractivity contribution >= 4 is 33.6 Å². The Hall–Kier alpha value is -2.67. The number of nitrogens with zero attached hydrogens (tertiary/aromatic N) is 4. The molecule has 0 atom stereocenters. The Labute approximate surface area is 148 Å². The van der Waals surface area contributed by atoms with E-state index in [0.717, 1.165) is 32.8 Å². The molecule has 2 aromatic heterocycles. The maximum atomic E-state index is 5.63. The zero-order valence-electron chi connectivity index (χ0n) is 13.1. The summed E-state index contributed by atoms with van der Waals surface area (Å²) in [6.45, 7) is 0.540. The van der Waals surface area contributed by atoms with Gasteiger partial charge in [-0.1, -0.05) is 30.3 Å². The van der Waals surface area contributed by atoms with Crippen molar-refractivity contribution in [3.63, 3.8) is 0 Å². The molecule has 0 fully saturated rings. The Balaban J connectivity index is 2.03. The van der Waals surface area contributed by atoms with E-state index in [2.05, 4.69) is 31.3 Å². The van der Waals surface area contributed by atoms with Gasteiger partial charge in [0.2, 0.25) is 0 Å². The Morgan fingerprint density at radius 3 is 2.88 bits per heavy atom. The molecule has 0 spiro atoms. The maximum absolute atomic E-state index is 5.63. The van der Waals surface area contributed by atoms with Crippen LogP contribution in [0.3, 0.4) is 0 Å². The second kappa shape index (κ2) is 7.27. The topological polar surface area (TPSA) is 80.6 Å². The molecule has 0 bridgehead atoms. The SMILES string of the molecule is CN=CC(=CN)CNc1cc(-c2ccccc2)nc2c(Br)cnn12. The van der Waals surface area contributed by atoms with E-state index in [1.165, 1.54) is 6.20 Å². The van der Waals surface area contributed by atoms with Crippen molar-refractivity contribution in [2.24, 2.45) is 10.7 Å². The van der Waals surface area contributed by atoms with Gasteiger partial charge >= 0.3 is 0 Å². The van der Waals surface area contributed by atoms with Gasteiger partial charge in [-0.05, 0) is 15.9 Å². The first-order valence-electron chi connectivity index (χ1n) is 7.39. The number of halogens is 1. The third kappa shape index (κ3) is 3.30. The first kappa shape index (κ1) is 16.2. The molecule has 0 aliphatic rings. The third-order valence-electron chi connectivity index (χ3n) is 3.48. The average molecular weight is 385 g/mol. The highest BCUT2D eigenvalue weighted by Crippen LogP contribution is 2.25. The second-order valence-corrected chi connectivity index (χ2v) is 5.96. The molecule has 1 aromatic carbocycles. The van der Waals surface area contributed by atoms with E-state index in [-0.39, 0.29) is 0 Å². The lowest BCUT2D eigenvalue weighted by atomic mass is 10.1. The molecule has 3 N–H and O–H groups in total. The summed E-state index contributed by atoms with van der Waals surface area (Å²) in [7, 11) is 1.71. The molecule has 0 saturated carbocycles. The van der Waals surface area contributed by atoms with Crippen LogP contribution in [0.1, 0.15) is 0 Å². The van der Waals surface area contributed by atoms with Crippen molar-refractivity contribution in [2.45, 2.75) is 0 Å².